The maximum Gasteiger partial charge on any atom is 0.193 e. The molecule has 3 N–H and O–H groups in total. The molecule has 0 spiro atoms. The maximum atomic E-state index is 13.3. The van der Waals surface area contributed by atoms with Gasteiger partial charge in [0.1, 0.15) is 0 Å². The predicted octanol–water partition coefficient (Wildman–Crippen LogP) is 2.25. The first-order chi connectivity index (χ1) is 6.47. The van der Waals surface area contributed by atoms with E-state index in [1.807, 2.05) is 13.8 Å². The number of aliphatic imine (C=N–C) groups is 1. The highest BCUT2D eigenvalue weighted by atomic mass is 35.5. The van der Waals surface area contributed by atoms with E-state index >= 15 is 0 Å². The van der Waals surface area contributed by atoms with Crippen LogP contribution in [0.5, 0.6) is 0 Å². The first kappa shape index (κ1) is 13.0. The van der Waals surface area contributed by atoms with E-state index < -0.39 is 5.83 Å². The van der Waals surface area contributed by atoms with Gasteiger partial charge in [-0.25, -0.2) is 9.38 Å². The van der Waals surface area contributed by atoms with Crippen LogP contribution in [-0.4, -0.2) is 11.3 Å². The summed E-state index contributed by atoms with van der Waals surface area (Å²) < 4.78 is 13.3. The minimum Gasteiger partial charge on any atom is -0.381 e. The van der Waals surface area contributed by atoms with Crippen molar-refractivity contribution in [2.75, 3.05) is 0 Å². The largest absolute Gasteiger partial charge is 0.381 e. The normalized spacial score (nSPS) is 14.9. The molecule has 3 nitrogen and oxygen atoms in total. The standard InChI is InChI=1S/C9H15ClFN3/c1-4-8(14-6(2)3)7(11)5-13-9(10)12/h4-6,14H,1-3H3,(H2,12,13)/b7-5+,8-4+. The fourth-order valence-electron chi connectivity index (χ4n) is 0.789. The van der Waals surface area contributed by atoms with Gasteiger partial charge in [0.2, 0.25) is 0 Å². The molecule has 0 aliphatic rings. The van der Waals surface area contributed by atoms with Gasteiger partial charge in [-0.3, -0.25) is 0 Å². The molecular weight excluding hydrogens is 205 g/mol. The Morgan fingerprint density at radius 2 is 2.14 bits per heavy atom. The van der Waals surface area contributed by atoms with Crippen molar-refractivity contribution < 1.29 is 4.39 Å². The topological polar surface area (TPSA) is 50.4 Å². The average Bonchev–Trinajstić information content (AvgIpc) is 2.09. The molecule has 0 saturated carbocycles. The van der Waals surface area contributed by atoms with Crippen LogP contribution in [0.3, 0.4) is 0 Å². The van der Waals surface area contributed by atoms with E-state index in [-0.39, 0.29) is 11.3 Å². The lowest BCUT2D eigenvalue weighted by Crippen LogP contribution is -2.22. The quantitative estimate of drug-likeness (QED) is 0.330. The van der Waals surface area contributed by atoms with Crippen LogP contribution < -0.4 is 11.1 Å². The first-order valence-corrected chi connectivity index (χ1v) is 4.62. The van der Waals surface area contributed by atoms with E-state index in [2.05, 4.69) is 10.3 Å². The molecule has 0 radical (unpaired) electrons. The van der Waals surface area contributed by atoms with E-state index in [4.69, 9.17) is 17.3 Å². The fourth-order valence-corrected chi connectivity index (χ4v) is 0.838. The Morgan fingerprint density at radius 3 is 2.50 bits per heavy atom. The lowest BCUT2D eigenvalue weighted by atomic mass is 10.3. The highest BCUT2D eigenvalue weighted by Gasteiger charge is 2.03. The number of allylic oxidation sites excluding steroid dienone is 2. The van der Waals surface area contributed by atoms with Gasteiger partial charge in [-0.1, -0.05) is 6.08 Å². The molecule has 0 saturated heterocycles. The molecule has 80 valence electrons. The number of rotatable bonds is 4. The number of amidine groups is 1. The molecule has 0 aromatic carbocycles. The minimum atomic E-state index is -0.496. The zero-order valence-electron chi connectivity index (χ0n) is 8.51. The minimum absolute atomic E-state index is 0.151. The summed E-state index contributed by atoms with van der Waals surface area (Å²) in [5, 5.41) is 2.72. The number of halogens is 2. The highest BCUT2D eigenvalue weighted by Crippen LogP contribution is 2.09. The van der Waals surface area contributed by atoms with Crippen LogP contribution in [-0.2, 0) is 0 Å². The van der Waals surface area contributed by atoms with Crippen LogP contribution in [0.15, 0.2) is 28.8 Å². The molecule has 0 fully saturated rings. The molecule has 14 heavy (non-hydrogen) atoms. The Bertz CT molecular complexity index is 265. The van der Waals surface area contributed by atoms with E-state index in [0.717, 1.165) is 6.20 Å². The Kier molecular flexibility index (Phi) is 5.95. The van der Waals surface area contributed by atoms with Crippen LogP contribution in [0.2, 0.25) is 0 Å². The number of nitrogens with two attached hydrogens (primary N) is 1. The van der Waals surface area contributed by atoms with Gasteiger partial charge in [0.25, 0.3) is 0 Å². The third-order valence-corrected chi connectivity index (χ3v) is 1.39. The van der Waals surface area contributed by atoms with Crippen molar-refractivity contribution in [3.63, 3.8) is 0 Å². The van der Waals surface area contributed by atoms with Crippen LogP contribution in [0.25, 0.3) is 0 Å². The van der Waals surface area contributed by atoms with Gasteiger partial charge in [-0.2, -0.15) is 0 Å². The second-order valence-electron chi connectivity index (χ2n) is 2.93. The summed E-state index contributed by atoms with van der Waals surface area (Å²) in [6, 6.07) is 0.151. The molecule has 0 unspecified atom stereocenters. The van der Waals surface area contributed by atoms with Gasteiger partial charge in [-0.15, -0.1) is 0 Å². The molecular formula is C9H15ClFN3. The smallest absolute Gasteiger partial charge is 0.193 e. The van der Waals surface area contributed by atoms with Gasteiger partial charge in [0, 0.05) is 6.04 Å². The maximum absolute atomic E-state index is 13.3. The van der Waals surface area contributed by atoms with Crippen molar-refractivity contribution in [3.8, 4) is 0 Å². The second-order valence-corrected chi connectivity index (χ2v) is 3.32. The van der Waals surface area contributed by atoms with Crippen molar-refractivity contribution in [2.24, 2.45) is 10.7 Å². The molecule has 0 rings (SSSR count). The summed E-state index contributed by atoms with van der Waals surface area (Å²) in [5.74, 6) is -0.496. The summed E-state index contributed by atoms with van der Waals surface area (Å²) in [6.07, 6.45) is 2.60. The van der Waals surface area contributed by atoms with Crippen LogP contribution in [0.1, 0.15) is 20.8 Å². The van der Waals surface area contributed by atoms with Crippen LogP contribution in [0.4, 0.5) is 4.39 Å². The number of hydrogen-bond donors (Lipinski definition) is 2. The van der Waals surface area contributed by atoms with Crippen molar-refractivity contribution >= 4 is 16.9 Å². The molecule has 0 aliphatic carbocycles. The third kappa shape index (κ3) is 5.59. The summed E-state index contributed by atoms with van der Waals surface area (Å²) in [5.41, 5.74) is 5.42. The summed E-state index contributed by atoms with van der Waals surface area (Å²) >= 11 is 5.25. The zero-order chi connectivity index (χ0) is 11.1. The predicted molar refractivity (Wildman–Crippen MR) is 58.7 cm³/mol. The van der Waals surface area contributed by atoms with Crippen molar-refractivity contribution in [1.29, 1.82) is 0 Å². The van der Waals surface area contributed by atoms with Crippen molar-refractivity contribution in [1.82, 2.24) is 5.32 Å². The highest BCUT2D eigenvalue weighted by molar-refractivity contribution is 6.64. The molecule has 0 aromatic heterocycles. The van der Waals surface area contributed by atoms with Gasteiger partial charge < -0.3 is 11.1 Å². The van der Waals surface area contributed by atoms with Gasteiger partial charge >= 0.3 is 0 Å². The van der Waals surface area contributed by atoms with Gasteiger partial charge in [0.15, 0.2) is 11.1 Å². The second kappa shape index (κ2) is 6.43. The van der Waals surface area contributed by atoms with E-state index in [9.17, 15) is 4.39 Å². The SMILES string of the molecule is C\C=C(NC(C)C)/C(F)=C\N=C(/N)Cl. The molecule has 0 aromatic rings. The lowest BCUT2D eigenvalue weighted by Gasteiger charge is -2.11. The molecule has 0 heterocycles. The first-order valence-electron chi connectivity index (χ1n) is 4.25. The Morgan fingerprint density at radius 1 is 1.57 bits per heavy atom. The number of hydrogen-bond acceptors (Lipinski definition) is 2. The fraction of sp³-hybridized carbons (Fsp3) is 0.444. The lowest BCUT2D eigenvalue weighted by molar-refractivity contribution is 0.586. The Labute approximate surface area is 88.5 Å². The van der Waals surface area contributed by atoms with Crippen LogP contribution in [0, 0.1) is 0 Å². The molecule has 0 aliphatic heterocycles. The number of nitrogens with one attached hydrogen (secondary N) is 1. The monoisotopic (exact) mass is 219 g/mol. The summed E-state index contributed by atoms with van der Waals surface area (Å²) in [4.78, 5) is 3.44. The Hall–Kier alpha value is -1.03. The number of nitrogens with zero attached hydrogens (tertiary/aromatic N) is 1. The molecule has 0 amide bonds. The molecule has 0 atom stereocenters. The van der Waals surface area contributed by atoms with Gasteiger partial charge in [0.05, 0.1) is 11.9 Å². The van der Waals surface area contributed by atoms with Gasteiger partial charge in [-0.05, 0) is 32.4 Å². The van der Waals surface area contributed by atoms with E-state index in [1.165, 1.54) is 0 Å². The van der Waals surface area contributed by atoms with E-state index in [0.29, 0.717) is 5.70 Å². The zero-order valence-corrected chi connectivity index (χ0v) is 9.27. The summed E-state index contributed by atoms with van der Waals surface area (Å²) in [7, 11) is 0. The Balaban J connectivity index is 4.55. The van der Waals surface area contributed by atoms with Crippen molar-refractivity contribution in [2.45, 2.75) is 26.8 Å². The third-order valence-electron chi connectivity index (χ3n) is 1.29. The molecule has 0 bridgehead atoms. The van der Waals surface area contributed by atoms with Crippen LogP contribution >= 0.6 is 11.6 Å². The van der Waals surface area contributed by atoms with E-state index in [1.54, 1.807) is 13.0 Å². The molecule has 5 heteroatoms. The summed E-state index contributed by atoms with van der Waals surface area (Å²) in [6.45, 7) is 5.55. The van der Waals surface area contributed by atoms with Crippen molar-refractivity contribution in [3.05, 3.63) is 23.8 Å². The average molecular weight is 220 g/mol.